The first-order valence-electron chi connectivity index (χ1n) is 13.2. The number of hydrogen-bond donors (Lipinski definition) is 0. The molecule has 39 heavy (non-hydrogen) atoms. The van der Waals surface area contributed by atoms with Gasteiger partial charge in [0.15, 0.2) is 0 Å². The molecular formula is C28H32N4O6S. The Labute approximate surface area is 227 Å². The van der Waals surface area contributed by atoms with Gasteiger partial charge < -0.3 is 19.1 Å². The van der Waals surface area contributed by atoms with Gasteiger partial charge in [-0.25, -0.2) is 13.2 Å². The molecule has 1 aromatic heterocycles. The van der Waals surface area contributed by atoms with Gasteiger partial charge >= 0.3 is 6.09 Å². The SMILES string of the molecule is CCOC(=O)N1CCN(C(=O)c2cn(CC)c3ccc(S(=O)(=O)N4CCc5ccccc5C4)cc3c2=O)CC1. The monoisotopic (exact) mass is 552 g/mol. The molecule has 0 atom stereocenters. The lowest BCUT2D eigenvalue weighted by Gasteiger charge is -2.34. The molecule has 1 fully saturated rings. The Kier molecular flexibility index (Phi) is 7.46. The maximum atomic E-state index is 13.6. The van der Waals surface area contributed by atoms with Gasteiger partial charge in [-0.3, -0.25) is 9.59 Å². The van der Waals surface area contributed by atoms with Crippen molar-refractivity contribution in [1.82, 2.24) is 18.7 Å². The standard InChI is InChI=1S/C28H32N4O6S/c1-3-29-19-24(27(34)30-13-15-31(16-14-30)28(35)38-4-2)26(33)23-17-22(9-10-25(23)29)39(36,37)32-12-11-20-7-5-6-8-21(20)18-32/h5-10,17,19H,3-4,11-16,18H2,1-2H3. The lowest BCUT2D eigenvalue weighted by molar-refractivity contribution is 0.0569. The number of pyridine rings is 1. The second kappa shape index (κ2) is 10.8. The first-order chi connectivity index (χ1) is 18.7. The lowest BCUT2D eigenvalue weighted by atomic mass is 10.0. The van der Waals surface area contributed by atoms with Crippen molar-refractivity contribution in [2.75, 3.05) is 39.3 Å². The topological polar surface area (TPSA) is 109 Å². The van der Waals surface area contributed by atoms with E-state index in [1.165, 1.54) is 21.3 Å². The number of aromatic nitrogens is 1. The molecule has 10 nitrogen and oxygen atoms in total. The molecule has 0 aliphatic carbocycles. The van der Waals surface area contributed by atoms with E-state index in [4.69, 9.17) is 4.74 Å². The van der Waals surface area contributed by atoms with Crippen LogP contribution in [-0.2, 0) is 34.3 Å². The predicted octanol–water partition coefficient (Wildman–Crippen LogP) is 2.68. The number of ether oxygens (including phenoxy) is 1. The number of carbonyl (C=O) groups is 2. The predicted molar refractivity (Wildman–Crippen MR) is 146 cm³/mol. The maximum absolute atomic E-state index is 13.6. The zero-order chi connectivity index (χ0) is 27.7. The summed E-state index contributed by atoms with van der Waals surface area (Å²) in [7, 11) is -3.86. The highest BCUT2D eigenvalue weighted by atomic mass is 32.2. The van der Waals surface area contributed by atoms with Crippen LogP contribution in [0.3, 0.4) is 0 Å². The Morgan fingerprint density at radius 2 is 1.62 bits per heavy atom. The number of piperazine rings is 1. The average Bonchev–Trinajstić information content (AvgIpc) is 2.97. The highest BCUT2D eigenvalue weighted by molar-refractivity contribution is 7.89. The highest BCUT2D eigenvalue weighted by Gasteiger charge is 2.30. The first-order valence-corrected chi connectivity index (χ1v) is 14.6. The number of aryl methyl sites for hydroxylation is 1. The van der Waals surface area contributed by atoms with Gasteiger partial charge in [0.1, 0.15) is 5.56 Å². The first kappa shape index (κ1) is 26.9. The van der Waals surface area contributed by atoms with Crippen molar-refractivity contribution in [3.8, 4) is 0 Å². The van der Waals surface area contributed by atoms with E-state index in [1.54, 1.807) is 28.7 Å². The number of rotatable bonds is 5. The van der Waals surface area contributed by atoms with Crippen LogP contribution in [0.5, 0.6) is 0 Å². The van der Waals surface area contributed by atoms with Gasteiger partial charge in [0, 0.05) is 57.4 Å². The lowest BCUT2D eigenvalue weighted by Crippen LogP contribution is -2.51. The molecule has 2 aliphatic heterocycles. The van der Waals surface area contributed by atoms with E-state index in [2.05, 4.69) is 0 Å². The van der Waals surface area contributed by atoms with Crippen LogP contribution in [-0.4, -0.2) is 78.4 Å². The number of sulfonamides is 1. The third kappa shape index (κ3) is 5.04. The van der Waals surface area contributed by atoms with Gasteiger partial charge in [-0.2, -0.15) is 4.31 Å². The highest BCUT2D eigenvalue weighted by Crippen LogP contribution is 2.27. The summed E-state index contributed by atoms with van der Waals surface area (Å²) in [4.78, 5) is 42.2. The van der Waals surface area contributed by atoms with Gasteiger partial charge in [-0.05, 0) is 49.6 Å². The van der Waals surface area contributed by atoms with Gasteiger partial charge in [-0.15, -0.1) is 0 Å². The van der Waals surface area contributed by atoms with Crippen LogP contribution in [0, 0.1) is 0 Å². The average molecular weight is 553 g/mol. The molecule has 3 heterocycles. The van der Waals surface area contributed by atoms with E-state index in [0.29, 0.717) is 38.1 Å². The smallest absolute Gasteiger partial charge is 0.409 e. The molecule has 0 spiro atoms. The van der Waals surface area contributed by atoms with Crippen molar-refractivity contribution in [3.05, 3.63) is 75.6 Å². The zero-order valence-electron chi connectivity index (χ0n) is 22.1. The molecular weight excluding hydrogens is 520 g/mol. The van der Waals surface area contributed by atoms with Crippen molar-refractivity contribution < 1.29 is 22.7 Å². The number of nitrogens with zero attached hydrogens (tertiary/aromatic N) is 4. The van der Waals surface area contributed by atoms with Crippen molar-refractivity contribution in [1.29, 1.82) is 0 Å². The summed E-state index contributed by atoms with van der Waals surface area (Å²) >= 11 is 0. The fourth-order valence-electron chi connectivity index (χ4n) is 5.25. The summed E-state index contributed by atoms with van der Waals surface area (Å²) in [5, 5.41) is 0.186. The molecule has 0 bridgehead atoms. The van der Waals surface area contributed by atoms with Crippen LogP contribution < -0.4 is 5.43 Å². The third-order valence-electron chi connectivity index (χ3n) is 7.45. The quantitative estimate of drug-likeness (QED) is 0.482. The minimum Gasteiger partial charge on any atom is -0.450 e. The number of hydrogen-bond acceptors (Lipinski definition) is 6. The van der Waals surface area contributed by atoms with Crippen LogP contribution in [0.4, 0.5) is 4.79 Å². The second-order valence-corrected chi connectivity index (χ2v) is 11.6. The van der Waals surface area contributed by atoms with Gasteiger partial charge in [0.05, 0.1) is 17.0 Å². The van der Waals surface area contributed by atoms with Crippen LogP contribution in [0.2, 0.25) is 0 Å². The molecule has 2 amide bonds. The zero-order valence-corrected chi connectivity index (χ0v) is 22.9. The Morgan fingerprint density at radius 3 is 2.31 bits per heavy atom. The Morgan fingerprint density at radius 1 is 0.923 bits per heavy atom. The summed E-state index contributed by atoms with van der Waals surface area (Å²) in [6.45, 7) is 6.17. The molecule has 2 aliphatic rings. The molecule has 206 valence electrons. The number of carbonyl (C=O) groups excluding carboxylic acids is 2. The molecule has 2 aromatic carbocycles. The van der Waals surface area contributed by atoms with E-state index < -0.39 is 27.5 Å². The van der Waals surface area contributed by atoms with E-state index in [9.17, 15) is 22.8 Å². The Bertz CT molecular complexity index is 1590. The maximum Gasteiger partial charge on any atom is 0.409 e. The van der Waals surface area contributed by atoms with Gasteiger partial charge in [-0.1, -0.05) is 24.3 Å². The molecule has 0 unspecified atom stereocenters. The van der Waals surface area contributed by atoms with Crippen molar-refractivity contribution in [2.24, 2.45) is 0 Å². The third-order valence-corrected chi connectivity index (χ3v) is 9.29. The molecule has 1 saturated heterocycles. The summed E-state index contributed by atoms with van der Waals surface area (Å²) in [5.74, 6) is -0.437. The molecule has 11 heteroatoms. The van der Waals surface area contributed by atoms with Gasteiger partial charge in [0.25, 0.3) is 5.91 Å². The van der Waals surface area contributed by atoms with Crippen molar-refractivity contribution >= 4 is 32.9 Å². The van der Waals surface area contributed by atoms with Crippen LogP contribution >= 0.6 is 0 Å². The fraction of sp³-hybridized carbons (Fsp3) is 0.393. The van der Waals surface area contributed by atoms with Crippen LogP contribution in [0.25, 0.3) is 10.9 Å². The number of benzene rings is 2. The fourth-order valence-corrected chi connectivity index (χ4v) is 6.70. The molecule has 0 radical (unpaired) electrons. The molecule has 5 rings (SSSR count). The van der Waals surface area contributed by atoms with Crippen LogP contribution in [0.15, 0.2) is 58.4 Å². The van der Waals surface area contributed by atoms with E-state index in [0.717, 1.165) is 11.1 Å². The van der Waals surface area contributed by atoms with Crippen molar-refractivity contribution in [2.45, 2.75) is 38.3 Å². The largest absolute Gasteiger partial charge is 0.450 e. The minimum atomic E-state index is -3.86. The van der Waals surface area contributed by atoms with E-state index in [1.807, 2.05) is 31.2 Å². The second-order valence-electron chi connectivity index (χ2n) is 9.67. The summed E-state index contributed by atoms with van der Waals surface area (Å²) in [6, 6.07) is 12.4. The number of amides is 2. The van der Waals surface area contributed by atoms with Crippen molar-refractivity contribution in [3.63, 3.8) is 0 Å². The normalized spacial score (nSPS) is 16.3. The summed E-state index contributed by atoms with van der Waals surface area (Å²) < 4.78 is 35.5. The molecule has 0 saturated carbocycles. The molecule has 3 aromatic rings. The summed E-state index contributed by atoms with van der Waals surface area (Å²) in [5.41, 5.74) is 2.15. The van der Waals surface area contributed by atoms with E-state index >= 15 is 0 Å². The Hall–Kier alpha value is -3.70. The van der Waals surface area contributed by atoms with E-state index in [-0.39, 0.29) is 42.1 Å². The molecule has 0 N–H and O–H groups in total. The van der Waals surface area contributed by atoms with Gasteiger partial charge in [0.2, 0.25) is 15.5 Å². The number of fused-ring (bicyclic) bond motifs is 2. The minimum absolute atomic E-state index is 0.0182. The Balaban J connectivity index is 1.46. The van der Waals surface area contributed by atoms with Crippen LogP contribution in [0.1, 0.15) is 35.3 Å². The summed E-state index contributed by atoms with van der Waals surface area (Å²) in [6.07, 6.45) is 1.74.